The minimum Gasteiger partial charge on any atom is -0.396 e. The number of anilines is 2. The van der Waals surface area contributed by atoms with Crippen molar-refractivity contribution in [2.45, 2.75) is 19.4 Å². The van der Waals surface area contributed by atoms with Gasteiger partial charge >= 0.3 is 0 Å². The van der Waals surface area contributed by atoms with E-state index >= 15 is 0 Å². The van der Waals surface area contributed by atoms with E-state index in [-0.39, 0.29) is 0 Å². The summed E-state index contributed by atoms with van der Waals surface area (Å²) in [6.07, 6.45) is 2.62. The molecule has 21 heavy (non-hydrogen) atoms. The fraction of sp³-hybridized carbons (Fsp3) is 0.294. The van der Waals surface area contributed by atoms with Crippen molar-refractivity contribution in [1.82, 2.24) is 0 Å². The van der Waals surface area contributed by atoms with Crippen LogP contribution in [0.3, 0.4) is 0 Å². The third-order valence-corrected chi connectivity index (χ3v) is 4.37. The van der Waals surface area contributed by atoms with Gasteiger partial charge in [0.1, 0.15) is 0 Å². The smallest absolute Gasteiger partial charge is 0.0745 e. The van der Waals surface area contributed by atoms with Crippen LogP contribution >= 0.6 is 11.6 Å². The Morgan fingerprint density at radius 3 is 2.43 bits per heavy atom. The Morgan fingerprint density at radius 1 is 1.10 bits per heavy atom. The van der Waals surface area contributed by atoms with Gasteiger partial charge in [-0.15, -0.1) is 0 Å². The molecule has 1 aliphatic rings. The average Bonchev–Trinajstić information content (AvgIpc) is 3.33. The Balaban J connectivity index is 1.86. The Morgan fingerprint density at radius 2 is 1.81 bits per heavy atom. The molecule has 0 unspecified atom stereocenters. The molecule has 1 aliphatic carbocycles. The van der Waals surface area contributed by atoms with E-state index < -0.39 is 0 Å². The number of benzene rings is 2. The summed E-state index contributed by atoms with van der Waals surface area (Å²) in [5.74, 6) is 0.798. The molecule has 4 heteroatoms. The molecule has 0 heterocycles. The van der Waals surface area contributed by atoms with Gasteiger partial charge in [-0.1, -0.05) is 41.9 Å². The van der Waals surface area contributed by atoms with Crippen molar-refractivity contribution in [3.8, 4) is 11.1 Å². The van der Waals surface area contributed by atoms with Crippen molar-refractivity contribution in [2.24, 2.45) is 11.7 Å². The summed E-state index contributed by atoms with van der Waals surface area (Å²) in [6.45, 7) is 1.52. The Kier molecular flexibility index (Phi) is 4.04. The lowest BCUT2D eigenvalue weighted by molar-refractivity contribution is 0.890. The van der Waals surface area contributed by atoms with Crippen molar-refractivity contribution < 1.29 is 0 Å². The van der Waals surface area contributed by atoms with Crippen molar-refractivity contribution in [1.29, 1.82) is 0 Å². The maximum Gasteiger partial charge on any atom is 0.0745 e. The van der Waals surface area contributed by atoms with Crippen LogP contribution in [0.5, 0.6) is 0 Å². The van der Waals surface area contributed by atoms with E-state index in [0.717, 1.165) is 34.8 Å². The van der Waals surface area contributed by atoms with Crippen molar-refractivity contribution in [2.75, 3.05) is 17.6 Å². The standard InChI is InChI=1S/C17H20ClN3/c18-16-14(13-5-3-11(9-19)4-6-13)7-8-15(17(16)20)21-10-12-1-2-12/h3-8,12,21H,1-2,9-10,19-20H2. The molecule has 1 fully saturated rings. The first-order valence-electron chi connectivity index (χ1n) is 7.30. The number of halogens is 1. The molecule has 0 saturated heterocycles. The van der Waals surface area contributed by atoms with Crippen LogP contribution in [0.15, 0.2) is 36.4 Å². The third kappa shape index (κ3) is 3.14. The molecule has 0 bridgehead atoms. The van der Waals surface area contributed by atoms with E-state index in [1.54, 1.807) is 0 Å². The molecule has 0 spiro atoms. The minimum atomic E-state index is 0.542. The van der Waals surface area contributed by atoms with Gasteiger partial charge in [0.15, 0.2) is 0 Å². The first-order chi connectivity index (χ1) is 10.2. The highest BCUT2D eigenvalue weighted by atomic mass is 35.5. The molecule has 0 amide bonds. The molecule has 0 aromatic heterocycles. The third-order valence-electron chi connectivity index (χ3n) is 3.96. The van der Waals surface area contributed by atoms with E-state index in [4.69, 9.17) is 23.1 Å². The first-order valence-corrected chi connectivity index (χ1v) is 7.68. The van der Waals surface area contributed by atoms with Crippen LogP contribution in [0.25, 0.3) is 11.1 Å². The van der Waals surface area contributed by atoms with Crippen molar-refractivity contribution in [3.63, 3.8) is 0 Å². The van der Waals surface area contributed by atoms with Gasteiger partial charge in [-0.3, -0.25) is 0 Å². The molecule has 110 valence electrons. The van der Waals surface area contributed by atoms with Gasteiger partial charge in [-0.05, 0) is 36.0 Å². The molecular weight excluding hydrogens is 282 g/mol. The molecule has 0 atom stereocenters. The van der Waals surface area contributed by atoms with Gasteiger partial charge in [-0.2, -0.15) is 0 Å². The Hall–Kier alpha value is -1.71. The van der Waals surface area contributed by atoms with Crippen LogP contribution in [0.4, 0.5) is 11.4 Å². The first kappa shape index (κ1) is 14.2. The average molecular weight is 302 g/mol. The monoisotopic (exact) mass is 301 g/mol. The fourth-order valence-corrected chi connectivity index (χ4v) is 2.64. The van der Waals surface area contributed by atoms with Crippen LogP contribution in [-0.2, 0) is 6.54 Å². The Bertz CT molecular complexity index is 633. The molecule has 3 rings (SSSR count). The van der Waals surface area contributed by atoms with E-state index in [0.29, 0.717) is 17.3 Å². The molecule has 2 aromatic carbocycles. The van der Waals surface area contributed by atoms with Crippen LogP contribution in [-0.4, -0.2) is 6.54 Å². The lowest BCUT2D eigenvalue weighted by atomic mass is 10.0. The van der Waals surface area contributed by atoms with E-state index in [1.165, 1.54) is 12.8 Å². The number of hydrogen-bond donors (Lipinski definition) is 3. The molecule has 3 nitrogen and oxygen atoms in total. The summed E-state index contributed by atoms with van der Waals surface area (Å²) < 4.78 is 0. The highest BCUT2D eigenvalue weighted by molar-refractivity contribution is 6.36. The lowest BCUT2D eigenvalue weighted by Crippen LogP contribution is -2.06. The highest BCUT2D eigenvalue weighted by Crippen LogP contribution is 2.38. The normalized spacial score (nSPS) is 14.2. The van der Waals surface area contributed by atoms with Gasteiger partial charge in [0, 0.05) is 18.7 Å². The predicted octanol–water partition coefficient (Wildman–Crippen LogP) is 3.87. The van der Waals surface area contributed by atoms with Gasteiger partial charge < -0.3 is 16.8 Å². The number of rotatable bonds is 5. The van der Waals surface area contributed by atoms with Gasteiger partial charge in [0.2, 0.25) is 0 Å². The summed E-state index contributed by atoms with van der Waals surface area (Å²) in [5.41, 5.74) is 16.4. The second-order valence-electron chi connectivity index (χ2n) is 5.61. The van der Waals surface area contributed by atoms with E-state index in [9.17, 15) is 0 Å². The summed E-state index contributed by atoms with van der Waals surface area (Å²) in [7, 11) is 0. The second-order valence-corrected chi connectivity index (χ2v) is 5.99. The predicted molar refractivity (Wildman–Crippen MR) is 90.4 cm³/mol. The lowest BCUT2D eigenvalue weighted by Gasteiger charge is -2.13. The number of hydrogen-bond acceptors (Lipinski definition) is 3. The van der Waals surface area contributed by atoms with E-state index in [2.05, 4.69) is 5.32 Å². The molecular formula is C17H20ClN3. The fourth-order valence-electron chi connectivity index (χ4n) is 2.37. The number of nitrogens with two attached hydrogens (primary N) is 2. The zero-order valence-corrected chi connectivity index (χ0v) is 12.7. The number of nitrogens with one attached hydrogen (secondary N) is 1. The summed E-state index contributed by atoms with van der Waals surface area (Å²) in [5, 5.41) is 3.99. The SMILES string of the molecule is NCc1ccc(-c2ccc(NCC3CC3)c(N)c2Cl)cc1. The van der Waals surface area contributed by atoms with Gasteiger partial charge in [-0.25, -0.2) is 0 Å². The zero-order valence-electron chi connectivity index (χ0n) is 11.9. The van der Waals surface area contributed by atoms with Gasteiger partial charge in [0.05, 0.1) is 16.4 Å². The summed E-state index contributed by atoms with van der Waals surface area (Å²) in [4.78, 5) is 0. The topological polar surface area (TPSA) is 64.1 Å². The zero-order chi connectivity index (χ0) is 14.8. The van der Waals surface area contributed by atoms with Crippen LogP contribution in [0.2, 0.25) is 5.02 Å². The summed E-state index contributed by atoms with van der Waals surface area (Å²) >= 11 is 6.45. The minimum absolute atomic E-state index is 0.542. The van der Waals surface area contributed by atoms with Gasteiger partial charge in [0.25, 0.3) is 0 Å². The quantitative estimate of drug-likeness (QED) is 0.735. The van der Waals surface area contributed by atoms with Crippen molar-refractivity contribution in [3.05, 3.63) is 47.0 Å². The second kappa shape index (κ2) is 5.96. The maximum atomic E-state index is 6.45. The maximum absolute atomic E-state index is 6.45. The summed E-state index contributed by atoms with van der Waals surface area (Å²) in [6, 6.07) is 12.1. The molecule has 1 saturated carbocycles. The molecule has 5 N–H and O–H groups in total. The van der Waals surface area contributed by atoms with E-state index in [1.807, 2.05) is 36.4 Å². The van der Waals surface area contributed by atoms with Crippen LogP contribution < -0.4 is 16.8 Å². The molecule has 2 aromatic rings. The molecule has 0 radical (unpaired) electrons. The van der Waals surface area contributed by atoms with Crippen LogP contribution in [0.1, 0.15) is 18.4 Å². The van der Waals surface area contributed by atoms with Crippen molar-refractivity contribution >= 4 is 23.0 Å². The Labute approximate surface area is 130 Å². The van der Waals surface area contributed by atoms with Crippen LogP contribution in [0, 0.1) is 5.92 Å². The largest absolute Gasteiger partial charge is 0.396 e. The number of nitrogen functional groups attached to an aromatic ring is 1. The highest BCUT2D eigenvalue weighted by Gasteiger charge is 2.21. The molecule has 0 aliphatic heterocycles.